The highest BCUT2D eigenvalue weighted by Crippen LogP contribution is 2.12. The molecule has 0 aliphatic carbocycles. The Bertz CT molecular complexity index is 965. The van der Waals surface area contributed by atoms with Crippen molar-refractivity contribution < 1.29 is 43.7 Å². The van der Waals surface area contributed by atoms with E-state index in [4.69, 9.17) is 0 Å². The maximum atomic E-state index is 9.75. The zero-order valence-electron chi connectivity index (χ0n) is 19.7. The van der Waals surface area contributed by atoms with Crippen molar-refractivity contribution in [2.24, 2.45) is 0 Å². The van der Waals surface area contributed by atoms with Crippen LogP contribution in [-0.4, -0.2) is 14.5 Å². The van der Waals surface area contributed by atoms with Crippen LogP contribution < -0.4 is 9.13 Å². The second kappa shape index (κ2) is 11.5. The number of pyridine rings is 2. The normalized spacial score (nSPS) is 11.2. The Labute approximate surface area is 194 Å². The summed E-state index contributed by atoms with van der Waals surface area (Å²) in [6.07, 6.45) is 0. The third kappa shape index (κ3) is 10.4. The van der Waals surface area contributed by atoms with Gasteiger partial charge in [-0.3, -0.25) is 0 Å². The predicted octanol–water partition coefficient (Wildman–Crippen LogP) is 6.69. The highest BCUT2D eigenvalue weighted by atomic mass is 19.5. The number of halogens is 8. The van der Waals surface area contributed by atoms with Crippen LogP contribution in [0.1, 0.15) is 33.9 Å². The quantitative estimate of drug-likeness (QED) is 0.214. The van der Waals surface area contributed by atoms with Crippen molar-refractivity contribution in [2.45, 2.75) is 41.5 Å². The zero-order valence-corrected chi connectivity index (χ0v) is 19.7. The molecule has 1 aromatic carbocycles. The molecule has 0 atom stereocenters. The molecule has 0 amide bonds. The Morgan fingerprint density at radius 1 is 0.441 bits per heavy atom. The van der Waals surface area contributed by atoms with Gasteiger partial charge in [-0.25, -0.2) is 0 Å². The van der Waals surface area contributed by atoms with Crippen molar-refractivity contribution in [1.29, 1.82) is 0 Å². The number of rotatable bonds is 2. The number of aryl methyl sites for hydroxylation is 6. The molecule has 12 heteroatoms. The smallest absolute Gasteiger partial charge is 0.418 e. The monoisotopic (exact) mass is 492 g/mol. The fraction of sp³-hybridized carbons (Fsp3) is 0.273. The van der Waals surface area contributed by atoms with E-state index in [1.807, 2.05) is 0 Å². The highest BCUT2D eigenvalue weighted by Gasteiger charge is 2.21. The van der Waals surface area contributed by atoms with E-state index in [0.717, 1.165) is 0 Å². The van der Waals surface area contributed by atoms with Gasteiger partial charge in [0.15, 0.2) is 22.8 Å². The summed E-state index contributed by atoms with van der Waals surface area (Å²) in [6.45, 7) is 12.9. The van der Waals surface area contributed by atoms with E-state index >= 15 is 0 Å². The van der Waals surface area contributed by atoms with E-state index in [0.29, 0.717) is 0 Å². The van der Waals surface area contributed by atoms with Gasteiger partial charge in [-0.2, -0.15) is 9.13 Å². The largest absolute Gasteiger partial charge is 0.673 e. The summed E-state index contributed by atoms with van der Waals surface area (Å²) >= 11 is 0. The summed E-state index contributed by atoms with van der Waals surface area (Å²) in [5.74, 6) is 0. The molecule has 2 nitrogen and oxygen atoms in total. The van der Waals surface area contributed by atoms with Crippen molar-refractivity contribution >= 4 is 14.5 Å². The highest BCUT2D eigenvalue weighted by molar-refractivity contribution is 6.50. The van der Waals surface area contributed by atoms with E-state index in [1.165, 1.54) is 45.3 Å². The second-order valence-electron chi connectivity index (χ2n) is 7.81. The minimum Gasteiger partial charge on any atom is -0.418 e. The van der Waals surface area contributed by atoms with Gasteiger partial charge in [-0.15, -0.1) is 0 Å². The Morgan fingerprint density at radius 3 is 0.794 bits per heavy atom. The molecule has 0 aliphatic heterocycles. The molecule has 0 spiro atoms. The first-order valence-corrected chi connectivity index (χ1v) is 10.2. The minimum absolute atomic E-state index is 1.21. The van der Waals surface area contributed by atoms with E-state index in [-0.39, 0.29) is 0 Å². The number of aromatic nitrogens is 2. The lowest BCUT2D eigenvalue weighted by Crippen LogP contribution is -2.39. The number of hydrogen-bond acceptors (Lipinski definition) is 0. The van der Waals surface area contributed by atoms with Crippen LogP contribution in [0, 0.1) is 41.5 Å². The molecule has 0 saturated heterocycles. The third-order valence-corrected chi connectivity index (χ3v) is 4.52. The Balaban J connectivity index is 0.000000489. The molecular weight excluding hydrogens is 466 g/mol. The molecule has 186 valence electrons. The molecule has 0 radical (unpaired) electrons. The van der Waals surface area contributed by atoms with Crippen LogP contribution in [0.25, 0.3) is 11.4 Å². The Kier molecular flexibility index (Phi) is 9.84. The SMILES string of the molecule is Cc1cc(C)[n+](-c2ccc(-[n+]3c(C)cc(C)cc3C)cc2)c(C)c1.F[B-](F)(F)F.F[B-](F)(F)F. The van der Waals surface area contributed by atoms with Gasteiger partial charge >= 0.3 is 14.5 Å². The van der Waals surface area contributed by atoms with Crippen LogP contribution in [0.15, 0.2) is 48.5 Å². The molecule has 2 heterocycles. The molecule has 0 N–H and O–H groups in total. The summed E-state index contributed by atoms with van der Waals surface area (Å²) in [4.78, 5) is 0. The van der Waals surface area contributed by atoms with Crippen molar-refractivity contribution in [2.75, 3.05) is 0 Å². The van der Waals surface area contributed by atoms with Crippen LogP contribution in [0.4, 0.5) is 34.5 Å². The first-order chi connectivity index (χ1) is 15.4. The molecule has 3 aromatic rings. The lowest BCUT2D eigenvalue weighted by Gasteiger charge is -2.07. The number of benzene rings is 1. The molecule has 0 saturated carbocycles. The number of nitrogens with zero attached hydrogens (tertiary/aromatic N) is 2. The summed E-state index contributed by atoms with van der Waals surface area (Å²) in [7, 11) is -12.0. The maximum absolute atomic E-state index is 9.75. The molecule has 0 unspecified atom stereocenters. The second-order valence-corrected chi connectivity index (χ2v) is 7.81. The fourth-order valence-electron chi connectivity index (χ4n) is 3.78. The van der Waals surface area contributed by atoms with E-state index < -0.39 is 14.5 Å². The van der Waals surface area contributed by atoms with Gasteiger partial charge in [-0.05, 0) is 25.0 Å². The average molecular weight is 492 g/mol. The third-order valence-electron chi connectivity index (χ3n) is 4.52. The van der Waals surface area contributed by atoms with Gasteiger partial charge in [0.2, 0.25) is 11.4 Å². The standard InChI is InChI=1S/C22H26N2.2BF4/c1-15-11-17(3)23(18(4)12-15)21-7-9-22(10-8-21)24-19(5)13-16(2)14-20(24)6;2*2-1(3,4)5/h7-14H,1-6H3;;/q+2;2*-1. The van der Waals surface area contributed by atoms with Crippen LogP contribution in [-0.2, 0) is 0 Å². The van der Waals surface area contributed by atoms with E-state index in [2.05, 4.69) is 99.2 Å². The Hall–Kier alpha value is -2.91. The van der Waals surface area contributed by atoms with E-state index in [1.54, 1.807) is 0 Å². The van der Waals surface area contributed by atoms with Crippen molar-refractivity contribution in [3.05, 3.63) is 82.4 Å². The van der Waals surface area contributed by atoms with Crippen LogP contribution >= 0.6 is 0 Å². The Morgan fingerprint density at radius 2 is 0.618 bits per heavy atom. The summed E-state index contributed by atoms with van der Waals surface area (Å²) in [5.41, 5.74) is 10.1. The molecule has 3 rings (SSSR count). The molecule has 34 heavy (non-hydrogen) atoms. The van der Waals surface area contributed by atoms with Crippen molar-refractivity contribution in [3.8, 4) is 11.4 Å². The van der Waals surface area contributed by atoms with Crippen LogP contribution in [0.5, 0.6) is 0 Å². The van der Waals surface area contributed by atoms with Gasteiger partial charge < -0.3 is 34.5 Å². The van der Waals surface area contributed by atoms with Gasteiger partial charge in [-0.1, -0.05) is 0 Å². The molecule has 0 bridgehead atoms. The van der Waals surface area contributed by atoms with Crippen molar-refractivity contribution in [3.63, 3.8) is 0 Å². The maximum Gasteiger partial charge on any atom is 0.673 e. The van der Waals surface area contributed by atoms with Gasteiger partial charge in [0.1, 0.15) is 0 Å². The molecule has 0 aliphatic rings. The first kappa shape index (κ1) is 29.1. The van der Waals surface area contributed by atoms with Crippen LogP contribution in [0.2, 0.25) is 0 Å². The average Bonchev–Trinajstić information content (AvgIpc) is 2.58. The number of hydrogen-bond donors (Lipinski definition) is 0. The fourth-order valence-corrected chi connectivity index (χ4v) is 3.78. The van der Waals surface area contributed by atoms with Crippen molar-refractivity contribution in [1.82, 2.24) is 0 Å². The topological polar surface area (TPSA) is 7.76 Å². The molecule has 2 aromatic heterocycles. The predicted molar refractivity (Wildman–Crippen MR) is 118 cm³/mol. The summed E-state index contributed by atoms with van der Waals surface area (Å²) in [5, 5.41) is 0. The summed E-state index contributed by atoms with van der Waals surface area (Å²) in [6, 6.07) is 17.7. The first-order valence-electron chi connectivity index (χ1n) is 10.2. The molecular formula is C22H26B2F8N2. The summed E-state index contributed by atoms with van der Waals surface area (Å²) < 4.78 is 82.6. The lowest BCUT2D eigenvalue weighted by molar-refractivity contribution is -0.613. The minimum atomic E-state index is -6.00. The van der Waals surface area contributed by atoms with Gasteiger partial charge in [0.25, 0.3) is 0 Å². The zero-order chi connectivity index (χ0) is 26.4. The van der Waals surface area contributed by atoms with Gasteiger partial charge in [0.05, 0.1) is 0 Å². The van der Waals surface area contributed by atoms with Gasteiger partial charge in [0, 0.05) is 76.2 Å². The lowest BCUT2D eigenvalue weighted by atomic mass is 10.1. The van der Waals surface area contributed by atoms with Crippen LogP contribution in [0.3, 0.4) is 0 Å². The molecule has 0 fully saturated rings. The van der Waals surface area contributed by atoms with E-state index in [9.17, 15) is 34.5 Å².